The molecule has 1 atom stereocenters. The molecule has 0 spiro atoms. The van der Waals surface area contributed by atoms with Gasteiger partial charge in [0.1, 0.15) is 5.58 Å². The lowest BCUT2D eigenvalue weighted by molar-refractivity contribution is 0.0903. The van der Waals surface area contributed by atoms with Crippen LogP contribution in [0.5, 0.6) is 0 Å². The van der Waals surface area contributed by atoms with Crippen molar-refractivity contribution >= 4 is 29.3 Å². The number of hydrogen-bond donors (Lipinski definition) is 2. The van der Waals surface area contributed by atoms with Crippen LogP contribution in [0.25, 0.3) is 11.0 Å². The third-order valence-corrected chi connectivity index (χ3v) is 4.45. The third-order valence-electron chi connectivity index (χ3n) is 4.45. The summed E-state index contributed by atoms with van der Waals surface area (Å²) in [7, 11) is 0. The number of para-hydroxylation sites is 1. The van der Waals surface area contributed by atoms with Crippen LogP contribution in [0, 0.1) is 5.41 Å². The maximum absolute atomic E-state index is 12.2. The highest BCUT2D eigenvalue weighted by Crippen LogP contribution is 2.29. The van der Waals surface area contributed by atoms with Crippen molar-refractivity contribution in [3.8, 4) is 0 Å². The Labute approximate surface area is 137 Å². The third kappa shape index (κ3) is 3.45. The van der Waals surface area contributed by atoms with Gasteiger partial charge in [0.25, 0.3) is 5.91 Å². The van der Waals surface area contributed by atoms with Gasteiger partial charge in [-0.3, -0.25) is 4.79 Å². The first-order valence-electron chi connectivity index (χ1n) is 7.56. The largest absolute Gasteiger partial charge is 0.451 e. The number of fused-ring (bicyclic) bond motifs is 1. The van der Waals surface area contributed by atoms with Crippen LogP contribution in [0.2, 0.25) is 0 Å². The minimum absolute atomic E-state index is 0. The molecule has 1 aromatic carbocycles. The Morgan fingerprint density at radius 3 is 2.91 bits per heavy atom. The molecule has 120 valence electrons. The van der Waals surface area contributed by atoms with E-state index in [1.54, 1.807) is 6.07 Å². The van der Waals surface area contributed by atoms with Crippen LogP contribution in [0.1, 0.15) is 37.2 Å². The van der Waals surface area contributed by atoms with Crippen molar-refractivity contribution in [2.75, 3.05) is 13.1 Å². The smallest absolute Gasteiger partial charge is 0.287 e. The monoisotopic (exact) mass is 322 g/mol. The van der Waals surface area contributed by atoms with Crippen LogP contribution < -0.4 is 10.6 Å². The van der Waals surface area contributed by atoms with Gasteiger partial charge in [0.15, 0.2) is 5.76 Å². The van der Waals surface area contributed by atoms with Crippen LogP contribution in [-0.2, 0) is 0 Å². The quantitative estimate of drug-likeness (QED) is 0.911. The molecule has 1 amide bonds. The van der Waals surface area contributed by atoms with Gasteiger partial charge in [-0.2, -0.15) is 0 Å². The fourth-order valence-corrected chi connectivity index (χ4v) is 2.99. The van der Waals surface area contributed by atoms with Crippen LogP contribution in [0.3, 0.4) is 0 Å². The minimum Gasteiger partial charge on any atom is -0.451 e. The number of carbonyl (C=O) groups is 1. The summed E-state index contributed by atoms with van der Waals surface area (Å²) in [5.41, 5.74) is 0.957. The van der Waals surface area contributed by atoms with E-state index in [9.17, 15) is 4.79 Å². The molecule has 0 saturated carbocycles. The second kappa shape index (κ2) is 6.71. The van der Waals surface area contributed by atoms with Crippen molar-refractivity contribution in [2.24, 2.45) is 5.41 Å². The number of furan rings is 1. The molecule has 0 bridgehead atoms. The van der Waals surface area contributed by atoms with Crippen molar-refractivity contribution in [1.29, 1.82) is 0 Å². The number of amides is 1. The Morgan fingerprint density at radius 1 is 1.41 bits per heavy atom. The standard InChI is InChI=1S/C17H22N2O2.ClH/c1-17(2)8-5-9-18-15(17)11-19-16(20)14-10-12-6-3-4-7-13(12)21-14;/h3-4,6-7,10,15,18H,5,8-9,11H2,1-2H3,(H,19,20);1H. The Bertz CT molecular complexity index is 618. The van der Waals surface area contributed by atoms with E-state index in [4.69, 9.17) is 4.42 Å². The molecule has 1 aliphatic heterocycles. The number of piperidine rings is 1. The van der Waals surface area contributed by atoms with E-state index >= 15 is 0 Å². The SMILES string of the molecule is CC1(C)CCCNC1CNC(=O)c1cc2ccccc2o1.Cl. The molecule has 2 N–H and O–H groups in total. The lowest BCUT2D eigenvalue weighted by Gasteiger charge is -2.39. The topological polar surface area (TPSA) is 54.3 Å². The molecule has 1 aromatic heterocycles. The molecular formula is C17H23ClN2O2. The first kappa shape index (κ1) is 16.8. The zero-order valence-electron chi connectivity index (χ0n) is 13.0. The summed E-state index contributed by atoms with van der Waals surface area (Å²) in [5, 5.41) is 7.44. The Morgan fingerprint density at radius 2 is 2.18 bits per heavy atom. The first-order chi connectivity index (χ1) is 10.1. The zero-order valence-corrected chi connectivity index (χ0v) is 13.8. The van der Waals surface area contributed by atoms with Crippen molar-refractivity contribution in [3.05, 3.63) is 36.1 Å². The predicted molar refractivity (Wildman–Crippen MR) is 90.6 cm³/mol. The number of carbonyl (C=O) groups excluding carboxylic acids is 1. The van der Waals surface area contributed by atoms with Crippen molar-refractivity contribution in [3.63, 3.8) is 0 Å². The molecule has 5 heteroatoms. The summed E-state index contributed by atoms with van der Waals surface area (Å²) in [4.78, 5) is 12.2. The van der Waals surface area contributed by atoms with Gasteiger partial charge in [-0.15, -0.1) is 12.4 Å². The highest BCUT2D eigenvalue weighted by molar-refractivity contribution is 5.96. The maximum Gasteiger partial charge on any atom is 0.287 e. The molecule has 1 unspecified atom stereocenters. The van der Waals surface area contributed by atoms with E-state index < -0.39 is 0 Å². The molecule has 2 heterocycles. The second-order valence-corrected chi connectivity index (χ2v) is 6.46. The molecule has 0 aliphatic carbocycles. The summed E-state index contributed by atoms with van der Waals surface area (Å²) in [6, 6.07) is 9.76. The number of nitrogens with one attached hydrogen (secondary N) is 2. The van der Waals surface area contributed by atoms with E-state index in [0.29, 0.717) is 18.3 Å². The van der Waals surface area contributed by atoms with Crippen molar-refractivity contribution in [1.82, 2.24) is 10.6 Å². The fourth-order valence-electron chi connectivity index (χ4n) is 2.99. The van der Waals surface area contributed by atoms with Gasteiger partial charge in [0.05, 0.1) is 0 Å². The lowest BCUT2D eigenvalue weighted by atomic mass is 9.77. The summed E-state index contributed by atoms with van der Waals surface area (Å²) >= 11 is 0. The average molecular weight is 323 g/mol. The summed E-state index contributed by atoms with van der Waals surface area (Å²) in [6.45, 7) is 6.14. The zero-order chi connectivity index (χ0) is 14.9. The van der Waals surface area contributed by atoms with E-state index in [-0.39, 0.29) is 23.7 Å². The van der Waals surface area contributed by atoms with Crippen LogP contribution in [0.4, 0.5) is 0 Å². The van der Waals surface area contributed by atoms with Gasteiger partial charge in [-0.1, -0.05) is 32.0 Å². The van der Waals surface area contributed by atoms with Gasteiger partial charge < -0.3 is 15.1 Å². The number of halogens is 1. The molecule has 2 aromatic rings. The molecule has 3 rings (SSSR count). The Kier molecular flexibility index (Phi) is 5.14. The van der Waals surface area contributed by atoms with E-state index in [1.165, 1.54) is 12.8 Å². The molecule has 1 fully saturated rings. The highest BCUT2D eigenvalue weighted by Gasteiger charge is 2.32. The summed E-state index contributed by atoms with van der Waals surface area (Å²) in [6.07, 6.45) is 2.38. The van der Waals surface area contributed by atoms with E-state index in [0.717, 1.165) is 17.5 Å². The molecule has 1 aliphatic rings. The van der Waals surface area contributed by atoms with Crippen LogP contribution in [0.15, 0.2) is 34.7 Å². The number of hydrogen-bond acceptors (Lipinski definition) is 3. The molecular weight excluding hydrogens is 300 g/mol. The van der Waals surface area contributed by atoms with Crippen molar-refractivity contribution in [2.45, 2.75) is 32.7 Å². The van der Waals surface area contributed by atoms with Gasteiger partial charge in [0, 0.05) is 18.0 Å². The predicted octanol–water partition coefficient (Wildman–Crippen LogP) is 3.36. The first-order valence-corrected chi connectivity index (χ1v) is 7.56. The van der Waals surface area contributed by atoms with Gasteiger partial charge in [-0.05, 0) is 36.9 Å². The van der Waals surface area contributed by atoms with E-state index in [1.807, 2.05) is 24.3 Å². The van der Waals surface area contributed by atoms with Gasteiger partial charge >= 0.3 is 0 Å². The second-order valence-electron chi connectivity index (χ2n) is 6.46. The maximum atomic E-state index is 12.2. The summed E-state index contributed by atoms with van der Waals surface area (Å²) < 4.78 is 5.59. The average Bonchev–Trinajstić information content (AvgIpc) is 2.89. The lowest BCUT2D eigenvalue weighted by Crippen LogP contribution is -2.52. The Hall–Kier alpha value is -1.52. The number of benzene rings is 1. The van der Waals surface area contributed by atoms with Gasteiger partial charge in [0.2, 0.25) is 0 Å². The fraction of sp³-hybridized carbons (Fsp3) is 0.471. The van der Waals surface area contributed by atoms with E-state index in [2.05, 4.69) is 24.5 Å². The molecule has 22 heavy (non-hydrogen) atoms. The van der Waals surface area contributed by atoms with Crippen LogP contribution >= 0.6 is 12.4 Å². The molecule has 0 radical (unpaired) electrons. The molecule has 1 saturated heterocycles. The van der Waals surface area contributed by atoms with Crippen molar-refractivity contribution < 1.29 is 9.21 Å². The minimum atomic E-state index is -0.144. The summed E-state index contributed by atoms with van der Waals surface area (Å²) in [5.74, 6) is 0.235. The molecule has 4 nitrogen and oxygen atoms in total. The van der Waals surface area contributed by atoms with Gasteiger partial charge in [-0.25, -0.2) is 0 Å². The van der Waals surface area contributed by atoms with Crippen LogP contribution in [-0.4, -0.2) is 25.0 Å². The highest BCUT2D eigenvalue weighted by atomic mass is 35.5. The normalized spacial score (nSPS) is 20.4. The Balaban J connectivity index is 0.00000176. The number of rotatable bonds is 3.